The molecule has 33 heavy (non-hydrogen) atoms. The highest BCUT2D eigenvalue weighted by atomic mass is 32.1. The minimum absolute atomic E-state index is 0.166. The number of carbonyl (C=O) groups excluding carboxylic acids is 3. The van der Waals surface area contributed by atoms with E-state index in [1.165, 1.54) is 18.2 Å². The fourth-order valence-corrected chi connectivity index (χ4v) is 4.01. The van der Waals surface area contributed by atoms with E-state index in [0.29, 0.717) is 5.56 Å². The van der Waals surface area contributed by atoms with Gasteiger partial charge in [-0.25, -0.2) is 4.79 Å². The van der Waals surface area contributed by atoms with E-state index in [9.17, 15) is 24.5 Å². The zero-order chi connectivity index (χ0) is 23.8. The zero-order valence-electron chi connectivity index (χ0n) is 17.6. The Morgan fingerprint density at radius 3 is 2.42 bits per heavy atom. The van der Waals surface area contributed by atoms with E-state index < -0.39 is 29.4 Å². The first-order valence-electron chi connectivity index (χ1n) is 9.92. The van der Waals surface area contributed by atoms with Crippen molar-refractivity contribution in [2.24, 2.45) is 0 Å². The van der Waals surface area contributed by atoms with E-state index in [0.717, 1.165) is 16.9 Å². The van der Waals surface area contributed by atoms with Crippen LogP contribution in [0.2, 0.25) is 0 Å². The summed E-state index contributed by atoms with van der Waals surface area (Å²) in [5, 5.41) is 15.6. The molecule has 1 amide bonds. The highest BCUT2D eigenvalue weighted by molar-refractivity contribution is 7.15. The van der Waals surface area contributed by atoms with Crippen LogP contribution in [-0.4, -0.2) is 36.0 Å². The number of anilines is 1. The molecule has 1 aromatic heterocycles. The maximum atomic E-state index is 12.6. The number of esters is 2. The summed E-state index contributed by atoms with van der Waals surface area (Å²) in [6.07, 6.45) is -0.352. The fraction of sp³-hybridized carbons (Fsp3) is 0.174. The quantitative estimate of drug-likeness (QED) is 0.283. The van der Waals surface area contributed by atoms with E-state index in [-0.39, 0.29) is 34.8 Å². The molecule has 0 spiro atoms. The van der Waals surface area contributed by atoms with Crippen LogP contribution in [0.3, 0.4) is 0 Å². The second-order valence-electron chi connectivity index (χ2n) is 6.71. The monoisotopic (exact) mass is 468 g/mol. The Kier molecular flexibility index (Phi) is 7.87. The van der Waals surface area contributed by atoms with Gasteiger partial charge in [0.2, 0.25) is 0 Å². The summed E-state index contributed by atoms with van der Waals surface area (Å²) in [7, 11) is 0. The minimum atomic E-state index is -0.791. The summed E-state index contributed by atoms with van der Waals surface area (Å²) in [5.41, 5.74) is 1.59. The van der Waals surface area contributed by atoms with Crippen LogP contribution < -0.4 is 5.32 Å². The van der Waals surface area contributed by atoms with Gasteiger partial charge in [-0.15, -0.1) is 11.3 Å². The topological polar surface area (TPSA) is 125 Å². The SMILES string of the molecule is CCOC(=O)c1c(-c2ccccc2)csc1NC(=O)COC(=O)Cc1ccccc1[N+](=O)[O-]. The third kappa shape index (κ3) is 6.01. The Balaban J connectivity index is 1.68. The first-order chi connectivity index (χ1) is 15.9. The molecule has 0 aliphatic carbocycles. The second-order valence-corrected chi connectivity index (χ2v) is 7.59. The van der Waals surface area contributed by atoms with E-state index in [2.05, 4.69) is 5.32 Å². The van der Waals surface area contributed by atoms with Crippen LogP contribution in [-0.2, 0) is 25.5 Å². The number of hydrogen-bond donors (Lipinski definition) is 1. The van der Waals surface area contributed by atoms with Crippen LogP contribution in [0.25, 0.3) is 11.1 Å². The van der Waals surface area contributed by atoms with Crippen molar-refractivity contribution in [3.63, 3.8) is 0 Å². The molecule has 0 fully saturated rings. The molecule has 1 N–H and O–H groups in total. The molecule has 3 aromatic rings. The molecule has 170 valence electrons. The third-order valence-corrected chi connectivity index (χ3v) is 5.39. The van der Waals surface area contributed by atoms with E-state index in [1.807, 2.05) is 30.3 Å². The van der Waals surface area contributed by atoms with Crippen molar-refractivity contribution in [3.05, 3.63) is 81.2 Å². The predicted octanol–water partition coefficient (Wildman–Crippen LogP) is 4.22. The number of hydrogen-bond acceptors (Lipinski definition) is 8. The maximum Gasteiger partial charge on any atom is 0.341 e. The molecule has 2 aromatic carbocycles. The summed E-state index contributed by atoms with van der Waals surface area (Å²) in [6.45, 7) is 1.24. The lowest BCUT2D eigenvalue weighted by molar-refractivity contribution is -0.385. The standard InChI is InChI=1S/C23H20N2O7S/c1-2-31-23(28)21-17(15-8-4-3-5-9-15)14-33-22(21)24-19(26)13-32-20(27)12-16-10-6-7-11-18(16)25(29)30/h3-11,14H,2,12-13H2,1H3,(H,24,26). The Morgan fingerprint density at radius 1 is 1.03 bits per heavy atom. The number of nitro groups is 1. The Morgan fingerprint density at radius 2 is 1.73 bits per heavy atom. The molecule has 1 heterocycles. The summed E-state index contributed by atoms with van der Waals surface area (Å²) < 4.78 is 10.1. The number of para-hydroxylation sites is 1. The molecule has 10 heteroatoms. The molecule has 3 rings (SSSR count). The van der Waals surface area contributed by atoms with Crippen LogP contribution in [0.4, 0.5) is 10.7 Å². The molecular weight excluding hydrogens is 448 g/mol. The summed E-state index contributed by atoms with van der Waals surface area (Å²) in [4.78, 5) is 47.5. The molecule has 0 bridgehead atoms. The Labute approximate surface area is 193 Å². The Hall–Kier alpha value is -4.05. The molecule has 0 unspecified atom stereocenters. The number of carbonyl (C=O) groups is 3. The van der Waals surface area contributed by atoms with Crippen molar-refractivity contribution in [1.29, 1.82) is 0 Å². The fourth-order valence-electron chi connectivity index (χ4n) is 3.04. The van der Waals surface area contributed by atoms with Gasteiger partial charge in [-0.05, 0) is 12.5 Å². The van der Waals surface area contributed by atoms with Gasteiger partial charge in [0, 0.05) is 22.6 Å². The van der Waals surface area contributed by atoms with Gasteiger partial charge in [0.1, 0.15) is 10.6 Å². The number of thiophene rings is 1. The van der Waals surface area contributed by atoms with Crippen molar-refractivity contribution in [2.45, 2.75) is 13.3 Å². The van der Waals surface area contributed by atoms with Gasteiger partial charge in [-0.1, -0.05) is 48.5 Å². The number of benzene rings is 2. The summed E-state index contributed by atoms with van der Waals surface area (Å²) >= 11 is 1.15. The summed E-state index contributed by atoms with van der Waals surface area (Å²) in [5.74, 6) is -2.03. The van der Waals surface area contributed by atoms with Crippen LogP contribution in [0.5, 0.6) is 0 Å². The zero-order valence-corrected chi connectivity index (χ0v) is 18.4. The van der Waals surface area contributed by atoms with Crippen LogP contribution >= 0.6 is 11.3 Å². The van der Waals surface area contributed by atoms with Crippen LogP contribution in [0.15, 0.2) is 60.0 Å². The summed E-state index contributed by atoms with van der Waals surface area (Å²) in [6, 6.07) is 15.0. The van der Waals surface area contributed by atoms with Gasteiger partial charge in [0.05, 0.1) is 18.0 Å². The van der Waals surface area contributed by atoms with E-state index in [1.54, 1.807) is 18.4 Å². The number of nitrogens with zero attached hydrogens (tertiary/aromatic N) is 1. The molecule has 0 aliphatic heterocycles. The lowest BCUT2D eigenvalue weighted by atomic mass is 10.0. The predicted molar refractivity (Wildman–Crippen MR) is 122 cm³/mol. The first-order valence-corrected chi connectivity index (χ1v) is 10.8. The van der Waals surface area contributed by atoms with Crippen LogP contribution in [0.1, 0.15) is 22.8 Å². The second kappa shape index (κ2) is 11.0. The first kappa shape index (κ1) is 23.6. The van der Waals surface area contributed by atoms with Gasteiger partial charge >= 0.3 is 11.9 Å². The molecule has 0 saturated carbocycles. The molecular formula is C23H20N2O7S. The number of ether oxygens (including phenoxy) is 2. The number of rotatable bonds is 9. The van der Waals surface area contributed by atoms with Gasteiger partial charge in [-0.2, -0.15) is 0 Å². The number of nitrogens with one attached hydrogen (secondary N) is 1. The lowest BCUT2D eigenvalue weighted by Gasteiger charge is -2.09. The van der Waals surface area contributed by atoms with E-state index >= 15 is 0 Å². The third-order valence-electron chi connectivity index (χ3n) is 4.50. The Bertz CT molecular complexity index is 1170. The molecule has 9 nitrogen and oxygen atoms in total. The minimum Gasteiger partial charge on any atom is -0.462 e. The maximum absolute atomic E-state index is 12.6. The van der Waals surface area contributed by atoms with Gasteiger partial charge < -0.3 is 14.8 Å². The van der Waals surface area contributed by atoms with E-state index in [4.69, 9.17) is 9.47 Å². The molecule has 0 aliphatic rings. The molecule has 0 saturated heterocycles. The number of nitro benzene ring substituents is 1. The van der Waals surface area contributed by atoms with Crippen molar-refractivity contribution >= 4 is 39.9 Å². The van der Waals surface area contributed by atoms with Crippen molar-refractivity contribution in [3.8, 4) is 11.1 Å². The highest BCUT2D eigenvalue weighted by Crippen LogP contribution is 2.36. The average Bonchev–Trinajstić information content (AvgIpc) is 3.22. The van der Waals surface area contributed by atoms with Crippen LogP contribution in [0, 0.1) is 10.1 Å². The smallest absolute Gasteiger partial charge is 0.341 e. The largest absolute Gasteiger partial charge is 0.462 e. The van der Waals surface area contributed by atoms with Gasteiger partial charge in [0.15, 0.2) is 6.61 Å². The van der Waals surface area contributed by atoms with Gasteiger partial charge in [-0.3, -0.25) is 19.7 Å². The molecule has 0 radical (unpaired) electrons. The normalized spacial score (nSPS) is 10.3. The highest BCUT2D eigenvalue weighted by Gasteiger charge is 2.23. The average molecular weight is 468 g/mol. The van der Waals surface area contributed by atoms with Crippen molar-refractivity contribution in [2.75, 3.05) is 18.5 Å². The number of amides is 1. The molecule has 0 atom stereocenters. The lowest BCUT2D eigenvalue weighted by Crippen LogP contribution is -2.22. The van der Waals surface area contributed by atoms with Crippen molar-refractivity contribution < 1.29 is 28.8 Å². The van der Waals surface area contributed by atoms with Gasteiger partial charge in [0.25, 0.3) is 11.6 Å². The van der Waals surface area contributed by atoms with Crippen molar-refractivity contribution in [1.82, 2.24) is 0 Å².